The van der Waals surface area contributed by atoms with Gasteiger partial charge in [-0.1, -0.05) is 23.2 Å². The second-order valence-electron chi connectivity index (χ2n) is 3.42. The zero-order valence-electron chi connectivity index (χ0n) is 8.63. The van der Waals surface area contributed by atoms with Crippen LogP contribution in [0.25, 0.3) is 0 Å². The molecule has 16 heavy (non-hydrogen) atoms. The third-order valence-corrected chi connectivity index (χ3v) is 2.66. The van der Waals surface area contributed by atoms with Crippen LogP contribution in [0.4, 0.5) is 5.69 Å². The Morgan fingerprint density at radius 1 is 1.56 bits per heavy atom. The molecule has 1 atom stereocenters. The lowest BCUT2D eigenvalue weighted by molar-refractivity contribution is 0.0924. The first kappa shape index (κ1) is 13.1. The van der Waals surface area contributed by atoms with Crippen molar-refractivity contribution in [1.82, 2.24) is 5.32 Å². The third kappa shape index (κ3) is 3.27. The maximum absolute atomic E-state index is 11.7. The van der Waals surface area contributed by atoms with E-state index in [4.69, 9.17) is 34.0 Å². The number of nitrogens with two attached hydrogens (primary N) is 1. The van der Waals surface area contributed by atoms with Gasteiger partial charge in [-0.25, -0.2) is 0 Å². The Labute approximate surface area is 103 Å². The van der Waals surface area contributed by atoms with Crippen LogP contribution in [0.1, 0.15) is 17.3 Å². The van der Waals surface area contributed by atoms with Gasteiger partial charge in [0.15, 0.2) is 0 Å². The van der Waals surface area contributed by atoms with Gasteiger partial charge in [0.1, 0.15) is 0 Å². The molecule has 1 rings (SSSR count). The molecule has 0 heterocycles. The van der Waals surface area contributed by atoms with Crippen molar-refractivity contribution in [3.05, 3.63) is 27.7 Å². The quantitative estimate of drug-likeness (QED) is 0.726. The number of hydrogen-bond acceptors (Lipinski definition) is 3. The molecule has 0 aliphatic rings. The van der Waals surface area contributed by atoms with E-state index in [1.165, 1.54) is 12.1 Å². The SMILES string of the molecule is C[C@@H](O)CNC(=O)c1cc(N)cc(Cl)c1Cl. The first-order valence-corrected chi connectivity index (χ1v) is 5.38. The summed E-state index contributed by atoms with van der Waals surface area (Å²) < 4.78 is 0. The number of aliphatic hydroxyl groups excluding tert-OH is 1. The highest BCUT2D eigenvalue weighted by Crippen LogP contribution is 2.28. The van der Waals surface area contributed by atoms with Gasteiger partial charge in [-0.15, -0.1) is 0 Å². The number of halogens is 2. The highest BCUT2D eigenvalue weighted by molar-refractivity contribution is 6.44. The maximum atomic E-state index is 11.7. The summed E-state index contributed by atoms with van der Waals surface area (Å²) in [5, 5.41) is 11.9. The van der Waals surface area contributed by atoms with Crippen molar-refractivity contribution >= 4 is 34.8 Å². The molecular weight excluding hydrogens is 251 g/mol. The zero-order chi connectivity index (χ0) is 12.3. The molecule has 0 bridgehead atoms. The molecule has 1 aromatic carbocycles. The number of carbonyl (C=O) groups excluding carboxylic acids is 1. The average molecular weight is 263 g/mol. The van der Waals surface area contributed by atoms with Crippen molar-refractivity contribution in [1.29, 1.82) is 0 Å². The number of rotatable bonds is 3. The van der Waals surface area contributed by atoms with Gasteiger partial charge in [0.25, 0.3) is 5.91 Å². The normalized spacial score (nSPS) is 12.2. The van der Waals surface area contributed by atoms with E-state index in [1.807, 2.05) is 0 Å². The average Bonchev–Trinajstić information content (AvgIpc) is 2.19. The summed E-state index contributed by atoms with van der Waals surface area (Å²) in [7, 11) is 0. The lowest BCUT2D eigenvalue weighted by Gasteiger charge is -2.09. The summed E-state index contributed by atoms with van der Waals surface area (Å²) in [5.74, 6) is -0.417. The van der Waals surface area contributed by atoms with Crippen LogP contribution in [-0.2, 0) is 0 Å². The molecular formula is C10H12Cl2N2O2. The minimum atomic E-state index is -0.626. The minimum absolute atomic E-state index is 0.140. The van der Waals surface area contributed by atoms with Crippen LogP contribution in [0.2, 0.25) is 10.0 Å². The monoisotopic (exact) mass is 262 g/mol. The Hall–Kier alpha value is -0.970. The van der Waals surface area contributed by atoms with Gasteiger partial charge in [-0.05, 0) is 19.1 Å². The highest BCUT2D eigenvalue weighted by Gasteiger charge is 2.14. The van der Waals surface area contributed by atoms with Crippen LogP contribution in [0.5, 0.6) is 0 Å². The number of carbonyl (C=O) groups is 1. The number of benzene rings is 1. The standard InChI is InChI=1S/C10H12Cl2N2O2/c1-5(15)4-14-10(16)7-2-6(13)3-8(11)9(7)12/h2-3,5,15H,4,13H2,1H3,(H,14,16)/t5-/m1/s1. The lowest BCUT2D eigenvalue weighted by Crippen LogP contribution is -2.30. The van der Waals surface area contributed by atoms with Gasteiger partial charge in [-0.3, -0.25) is 4.79 Å². The van der Waals surface area contributed by atoms with E-state index in [2.05, 4.69) is 5.32 Å². The summed E-state index contributed by atoms with van der Waals surface area (Å²) in [6.45, 7) is 1.70. The van der Waals surface area contributed by atoms with Gasteiger partial charge in [0, 0.05) is 12.2 Å². The molecule has 0 aliphatic heterocycles. The molecule has 0 fully saturated rings. The Balaban J connectivity index is 2.91. The van der Waals surface area contributed by atoms with Crippen LogP contribution < -0.4 is 11.1 Å². The topological polar surface area (TPSA) is 75.3 Å². The molecule has 4 N–H and O–H groups in total. The Morgan fingerprint density at radius 3 is 2.75 bits per heavy atom. The van der Waals surface area contributed by atoms with Gasteiger partial charge in [0.05, 0.1) is 21.7 Å². The van der Waals surface area contributed by atoms with Gasteiger partial charge >= 0.3 is 0 Å². The summed E-state index contributed by atoms with van der Waals surface area (Å²) in [6, 6.07) is 2.90. The first-order chi connectivity index (χ1) is 7.41. The molecule has 0 aliphatic carbocycles. The molecule has 6 heteroatoms. The molecule has 0 spiro atoms. The number of amides is 1. The van der Waals surface area contributed by atoms with Gasteiger partial charge < -0.3 is 16.2 Å². The van der Waals surface area contributed by atoms with Gasteiger partial charge in [0.2, 0.25) is 0 Å². The smallest absolute Gasteiger partial charge is 0.253 e. The first-order valence-electron chi connectivity index (χ1n) is 4.62. The summed E-state index contributed by atoms with van der Waals surface area (Å²) in [4.78, 5) is 11.7. The zero-order valence-corrected chi connectivity index (χ0v) is 10.1. The van der Waals surface area contributed by atoms with Crippen LogP contribution in [0.15, 0.2) is 12.1 Å². The predicted octanol–water partition coefficient (Wildman–Crippen LogP) is 1.69. The largest absolute Gasteiger partial charge is 0.399 e. The number of anilines is 1. The van der Waals surface area contributed by atoms with Crippen LogP contribution in [0.3, 0.4) is 0 Å². The van der Waals surface area contributed by atoms with E-state index < -0.39 is 12.0 Å². The van der Waals surface area contributed by atoms with Crippen molar-refractivity contribution in [2.24, 2.45) is 0 Å². The molecule has 4 nitrogen and oxygen atoms in total. The van der Waals surface area contributed by atoms with E-state index in [-0.39, 0.29) is 22.2 Å². The number of nitrogens with one attached hydrogen (secondary N) is 1. The summed E-state index contributed by atoms with van der Waals surface area (Å²) in [6.07, 6.45) is -0.626. The predicted molar refractivity (Wildman–Crippen MR) is 64.9 cm³/mol. The molecule has 0 unspecified atom stereocenters. The van der Waals surface area contributed by atoms with Crippen LogP contribution in [-0.4, -0.2) is 23.7 Å². The highest BCUT2D eigenvalue weighted by atomic mass is 35.5. The van der Waals surface area contributed by atoms with Crippen LogP contribution in [0, 0.1) is 0 Å². The third-order valence-electron chi connectivity index (χ3n) is 1.85. The van der Waals surface area contributed by atoms with E-state index in [9.17, 15) is 4.79 Å². The van der Waals surface area contributed by atoms with Crippen molar-refractivity contribution in [3.63, 3.8) is 0 Å². The fraction of sp³-hybridized carbons (Fsp3) is 0.300. The molecule has 0 radical (unpaired) electrons. The Bertz CT molecular complexity index is 408. The summed E-state index contributed by atoms with van der Waals surface area (Å²) >= 11 is 11.6. The molecule has 0 saturated carbocycles. The van der Waals surface area contributed by atoms with Crippen LogP contribution >= 0.6 is 23.2 Å². The number of hydrogen-bond donors (Lipinski definition) is 3. The molecule has 88 valence electrons. The van der Waals surface area contributed by atoms with E-state index in [1.54, 1.807) is 6.92 Å². The lowest BCUT2D eigenvalue weighted by atomic mass is 10.2. The van der Waals surface area contributed by atoms with Crippen molar-refractivity contribution < 1.29 is 9.90 Å². The Kier molecular flexibility index (Phi) is 4.41. The van der Waals surface area contributed by atoms with Gasteiger partial charge in [-0.2, -0.15) is 0 Å². The molecule has 0 saturated heterocycles. The van der Waals surface area contributed by atoms with E-state index in [0.717, 1.165) is 0 Å². The van der Waals surface area contributed by atoms with E-state index in [0.29, 0.717) is 5.69 Å². The molecule has 1 aromatic rings. The fourth-order valence-corrected chi connectivity index (χ4v) is 1.53. The number of aliphatic hydroxyl groups is 1. The fourth-order valence-electron chi connectivity index (χ4n) is 1.11. The molecule has 0 aromatic heterocycles. The number of nitrogen functional groups attached to an aromatic ring is 1. The van der Waals surface area contributed by atoms with E-state index >= 15 is 0 Å². The summed E-state index contributed by atoms with van der Waals surface area (Å²) in [5.41, 5.74) is 6.11. The Morgan fingerprint density at radius 2 is 2.19 bits per heavy atom. The van der Waals surface area contributed by atoms with Crippen molar-refractivity contribution in [3.8, 4) is 0 Å². The maximum Gasteiger partial charge on any atom is 0.253 e. The second-order valence-corrected chi connectivity index (χ2v) is 4.21. The minimum Gasteiger partial charge on any atom is -0.399 e. The van der Waals surface area contributed by atoms with Crippen molar-refractivity contribution in [2.45, 2.75) is 13.0 Å². The molecule has 1 amide bonds. The second kappa shape index (κ2) is 5.39. The van der Waals surface area contributed by atoms with Crippen molar-refractivity contribution in [2.75, 3.05) is 12.3 Å².